The number of methoxy groups -OCH3 is 2. The SMILES string of the molecule is COc1cc(/C=N\NC(=O)CNc2ccc(Cl)cc2)cc(I)c1OC. The number of halogens is 2. The van der Waals surface area contributed by atoms with Crippen LogP contribution in [0.5, 0.6) is 11.5 Å². The maximum atomic E-state index is 11.8. The summed E-state index contributed by atoms with van der Waals surface area (Å²) >= 11 is 7.96. The number of hydrazone groups is 1. The van der Waals surface area contributed by atoms with Gasteiger partial charge in [0.1, 0.15) is 0 Å². The highest BCUT2D eigenvalue weighted by molar-refractivity contribution is 14.1. The van der Waals surface area contributed by atoms with Crippen molar-refractivity contribution in [2.24, 2.45) is 5.10 Å². The molecular weight excluding hydrogens is 457 g/mol. The Labute approximate surface area is 164 Å². The van der Waals surface area contributed by atoms with Crippen LogP contribution in [-0.2, 0) is 4.79 Å². The second-order valence-electron chi connectivity index (χ2n) is 4.89. The van der Waals surface area contributed by atoms with Crippen LogP contribution in [0.1, 0.15) is 5.56 Å². The number of ether oxygens (including phenoxy) is 2. The predicted molar refractivity (Wildman–Crippen MR) is 108 cm³/mol. The van der Waals surface area contributed by atoms with Gasteiger partial charge in [0, 0.05) is 10.7 Å². The third kappa shape index (κ3) is 5.79. The number of benzene rings is 2. The fraction of sp³-hybridized carbons (Fsp3) is 0.176. The van der Waals surface area contributed by atoms with E-state index in [1.807, 2.05) is 6.07 Å². The molecule has 0 aliphatic rings. The van der Waals surface area contributed by atoms with Crippen molar-refractivity contribution in [3.8, 4) is 11.5 Å². The summed E-state index contributed by atoms with van der Waals surface area (Å²) < 4.78 is 11.5. The van der Waals surface area contributed by atoms with Gasteiger partial charge < -0.3 is 14.8 Å². The predicted octanol–water partition coefficient (Wildman–Crippen LogP) is 3.52. The van der Waals surface area contributed by atoms with E-state index in [1.165, 1.54) is 0 Å². The van der Waals surface area contributed by atoms with Gasteiger partial charge in [0.05, 0.1) is 30.5 Å². The van der Waals surface area contributed by atoms with Crippen molar-refractivity contribution in [3.05, 3.63) is 50.6 Å². The first-order valence-electron chi connectivity index (χ1n) is 7.26. The molecule has 0 saturated heterocycles. The molecule has 0 atom stereocenters. The topological polar surface area (TPSA) is 72.0 Å². The van der Waals surface area contributed by atoms with Crippen molar-refractivity contribution in [2.45, 2.75) is 0 Å². The Morgan fingerprint density at radius 2 is 1.96 bits per heavy atom. The fourth-order valence-corrected chi connectivity index (χ4v) is 2.95. The van der Waals surface area contributed by atoms with Gasteiger partial charge in [0.15, 0.2) is 11.5 Å². The molecule has 0 bridgehead atoms. The zero-order chi connectivity index (χ0) is 18.2. The summed E-state index contributed by atoms with van der Waals surface area (Å²) in [4.78, 5) is 11.8. The van der Waals surface area contributed by atoms with Crippen LogP contribution in [0, 0.1) is 3.57 Å². The normalized spacial score (nSPS) is 10.6. The number of carbonyl (C=O) groups excluding carboxylic acids is 1. The molecule has 2 N–H and O–H groups in total. The Kier molecular flexibility index (Phi) is 7.32. The number of carbonyl (C=O) groups is 1. The minimum Gasteiger partial charge on any atom is -0.493 e. The second-order valence-corrected chi connectivity index (χ2v) is 6.49. The Bertz CT molecular complexity index is 766. The highest BCUT2D eigenvalue weighted by atomic mass is 127. The number of nitrogens with zero attached hydrogens (tertiary/aromatic N) is 1. The van der Waals surface area contributed by atoms with Crippen LogP contribution >= 0.6 is 34.2 Å². The van der Waals surface area contributed by atoms with Crippen LogP contribution in [0.3, 0.4) is 0 Å². The van der Waals surface area contributed by atoms with Crippen LogP contribution in [-0.4, -0.2) is 32.9 Å². The van der Waals surface area contributed by atoms with Gasteiger partial charge >= 0.3 is 0 Å². The van der Waals surface area contributed by atoms with Crippen molar-refractivity contribution in [1.82, 2.24) is 5.43 Å². The Balaban J connectivity index is 1.90. The average molecular weight is 474 g/mol. The standard InChI is InChI=1S/C17H17ClIN3O3/c1-24-15-8-11(7-14(19)17(15)25-2)9-21-22-16(23)10-20-13-5-3-12(18)4-6-13/h3-9,20H,10H2,1-2H3,(H,22,23)/b21-9-. The molecule has 0 saturated carbocycles. The maximum Gasteiger partial charge on any atom is 0.259 e. The highest BCUT2D eigenvalue weighted by Gasteiger charge is 2.09. The number of nitrogens with one attached hydrogen (secondary N) is 2. The van der Waals surface area contributed by atoms with Gasteiger partial charge in [-0.05, 0) is 64.6 Å². The molecule has 25 heavy (non-hydrogen) atoms. The van der Waals surface area contributed by atoms with E-state index >= 15 is 0 Å². The van der Waals surface area contributed by atoms with E-state index in [2.05, 4.69) is 38.4 Å². The summed E-state index contributed by atoms with van der Waals surface area (Å²) in [6, 6.07) is 10.7. The lowest BCUT2D eigenvalue weighted by Gasteiger charge is -2.10. The summed E-state index contributed by atoms with van der Waals surface area (Å²) in [5.74, 6) is 1.00. The molecule has 0 unspecified atom stereocenters. The Morgan fingerprint density at radius 3 is 2.60 bits per heavy atom. The quantitative estimate of drug-likeness (QED) is 0.367. The Hall–Kier alpha value is -2.00. The monoisotopic (exact) mass is 473 g/mol. The van der Waals surface area contributed by atoms with Crippen molar-refractivity contribution in [2.75, 3.05) is 26.1 Å². The minimum absolute atomic E-state index is 0.0996. The zero-order valence-corrected chi connectivity index (χ0v) is 16.6. The molecule has 0 spiro atoms. The van der Waals surface area contributed by atoms with Crippen molar-refractivity contribution in [3.63, 3.8) is 0 Å². The summed E-state index contributed by atoms with van der Waals surface area (Å²) in [7, 11) is 3.15. The molecule has 2 rings (SSSR count). The van der Waals surface area contributed by atoms with Gasteiger partial charge in [-0.1, -0.05) is 11.6 Å². The average Bonchev–Trinajstić information content (AvgIpc) is 2.60. The van der Waals surface area contributed by atoms with E-state index in [1.54, 1.807) is 50.8 Å². The third-order valence-corrected chi connectivity index (χ3v) is 4.21. The molecule has 0 heterocycles. The molecule has 132 valence electrons. The Morgan fingerprint density at radius 1 is 1.24 bits per heavy atom. The first-order valence-corrected chi connectivity index (χ1v) is 8.72. The largest absolute Gasteiger partial charge is 0.493 e. The summed E-state index contributed by atoms with van der Waals surface area (Å²) in [5.41, 5.74) is 4.05. The van der Waals surface area contributed by atoms with Gasteiger partial charge in [-0.25, -0.2) is 5.43 Å². The van der Waals surface area contributed by atoms with Gasteiger partial charge in [-0.15, -0.1) is 0 Å². The van der Waals surface area contributed by atoms with Crippen LogP contribution in [0.4, 0.5) is 5.69 Å². The first kappa shape index (κ1) is 19.3. The van der Waals surface area contributed by atoms with Crippen LogP contribution in [0.25, 0.3) is 0 Å². The van der Waals surface area contributed by atoms with E-state index in [0.29, 0.717) is 16.5 Å². The van der Waals surface area contributed by atoms with Crippen LogP contribution in [0.15, 0.2) is 41.5 Å². The minimum atomic E-state index is -0.263. The summed E-state index contributed by atoms with van der Waals surface area (Å²) in [6.45, 7) is 0.0996. The number of anilines is 1. The smallest absolute Gasteiger partial charge is 0.259 e. The van der Waals surface area contributed by atoms with E-state index < -0.39 is 0 Å². The molecule has 0 aromatic heterocycles. The molecule has 0 fully saturated rings. The number of hydrogen-bond acceptors (Lipinski definition) is 5. The second kappa shape index (κ2) is 9.47. The van der Waals surface area contributed by atoms with Crippen molar-refractivity contribution < 1.29 is 14.3 Å². The van der Waals surface area contributed by atoms with Gasteiger partial charge in [-0.2, -0.15) is 5.10 Å². The number of rotatable bonds is 7. The van der Waals surface area contributed by atoms with E-state index in [-0.39, 0.29) is 12.5 Å². The van der Waals surface area contributed by atoms with Crippen molar-refractivity contribution in [1.29, 1.82) is 0 Å². The molecule has 1 amide bonds. The summed E-state index contributed by atoms with van der Waals surface area (Å²) in [5, 5.41) is 7.58. The maximum absolute atomic E-state index is 11.8. The number of hydrogen-bond donors (Lipinski definition) is 2. The molecule has 0 radical (unpaired) electrons. The fourth-order valence-electron chi connectivity index (χ4n) is 1.98. The van der Waals surface area contributed by atoms with E-state index in [4.69, 9.17) is 21.1 Å². The van der Waals surface area contributed by atoms with Gasteiger partial charge in [0.25, 0.3) is 5.91 Å². The zero-order valence-electron chi connectivity index (χ0n) is 13.7. The van der Waals surface area contributed by atoms with Gasteiger partial charge in [0.2, 0.25) is 0 Å². The lowest BCUT2D eigenvalue weighted by Crippen LogP contribution is -2.25. The molecule has 8 heteroatoms. The molecule has 0 aliphatic heterocycles. The van der Waals surface area contributed by atoms with Crippen LogP contribution in [0.2, 0.25) is 5.02 Å². The van der Waals surface area contributed by atoms with Gasteiger partial charge in [-0.3, -0.25) is 4.79 Å². The molecule has 0 aliphatic carbocycles. The molecule has 2 aromatic rings. The first-order chi connectivity index (χ1) is 12.0. The third-order valence-electron chi connectivity index (χ3n) is 3.16. The van der Waals surface area contributed by atoms with E-state index in [0.717, 1.165) is 14.8 Å². The van der Waals surface area contributed by atoms with Crippen molar-refractivity contribution >= 4 is 52.0 Å². The van der Waals surface area contributed by atoms with Crippen LogP contribution < -0.4 is 20.2 Å². The number of amides is 1. The lowest BCUT2D eigenvalue weighted by atomic mass is 10.2. The molecule has 6 nitrogen and oxygen atoms in total. The summed E-state index contributed by atoms with van der Waals surface area (Å²) in [6.07, 6.45) is 1.55. The molecule has 2 aromatic carbocycles. The lowest BCUT2D eigenvalue weighted by molar-refractivity contribution is -0.119. The van der Waals surface area contributed by atoms with E-state index in [9.17, 15) is 4.79 Å². The highest BCUT2D eigenvalue weighted by Crippen LogP contribution is 2.32. The molecular formula is C17H17ClIN3O3.